The Morgan fingerprint density at radius 1 is 1.31 bits per heavy atom. The molecule has 26 heavy (non-hydrogen) atoms. The number of hydrogen-bond donors (Lipinski definition) is 0. The molecule has 0 fully saturated rings. The number of halogens is 1. The van der Waals surface area contributed by atoms with Gasteiger partial charge in [-0.2, -0.15) is 5.26 Å². The van der Waals surface area contributed by atoms with E-state index >= 15 is 0 Å². The van der Waals surface area contributed by atoms with E-state index in [4.69, 9.17) is 5.26 Å². The molecule has 2 aromatic carbocycles. The maximum absolute atomic E-state index is 14.7. The van der Waals surface area contributed by atoms with E-state index in [0.29, 0.717) is 11.1 Å². The zero-order chi connectivity index (χ0) is 18.3. The van der Waals surface area contributed by atoms with Crippen molar-refractivity contribution >= 4 is 0 Å². The predicted octanol–water partition coefficient (Wildman–Crippen LogP) is 4.76. The monoisotopic (exact) mass is 345 g/mol. The van der Waals surface area contributed by atoms with E-state index in [-0.39, 0.29) is 17.3 Å². The Balaban J connectivity index is 1.81. The van der Waals surface area contributed by atoms with Gasteiger partial charge in [0.2, 0.25) is 0 Å². The molecule has 0 saturated carbocycles. The summed E-state index contributed by atoms with van der Waals surface area (Å²) in [6.45, 7) is 4.35. The SMILES string of the molecule is CCc1cccc([C@@]2(C)C[C@H](c3ccc(C#N)cc3F)n3cncc32)c1. The Morgan fingerprint density at radius 2 is 2.15 bits per heavy atom. The van der Waals surface area contributed by atoms with E-state index in [2.05, 4.69) is 47.7 Å². The number of fused-ring (bicyclic) bond motifs is 1. The molecule has 0 radical (unpaired) electrons. The first-order valence-electron chi connectivity index (χ1n) is 8.88. The van der Waals surface area contributed by atoms with Crippen molar-refractivity contribution < 1.29 is 4.39 Å². The first kappa shape index (κ1) is 16.5. The third-order valence-electron chi connectivity index (χ3n) is 5.63. The molecule has 3 nitrogen and oxygen atoms in total. The highest BCUT2D eigenvalue weighted by atomic mass is 19.1. The van der Waals surface area contributed by atoms with Crippen molar-refractivity contribution in [3.05, 3.63) is 88.8 Å². The van der Waals surface area contributed by atoms with Crippen molar-refractivity contribution in [3.63, 3.8) is 0 Å². The topological polar surface area (TPSA) is 41.6 Å². The minimum Gasteiger partial charge on any atom is -0.326 e. The second-order valence-electron chi connectivity index (χ2n) is 7.14. The minimum absolute atomic E-state index is 0.129. The van der Waals surface area contributed by atoms with Crippen LogP contribution in [0.25, 0.3) is 0 Å². The van der Waals surface area contributed by atoms with E-state index < -0.39 is 0 Å². The van der Waals surface area contributed by atoms with Crippen molar-refractivity contribution in [1.29, 1.82) is 5.26 Å². The molecule has 0 aliphatic carbocycles. The first-order chi connectivity index (χ1) is 12.6. The number of rotatable bonds is 3. The predicted molar refractivity (Wildman–Crippen MR) is 98.4 cm³/mol. The smallest absolute Gasteiger partial charge is 0.129 e. The number of nitrogens with zero attached hydrogens (tertiary/aromatic N) is 3. The average molecular weight is 345 g/mol. The molecule has 0 unspecified atom stereocenters. The Bertz CT molecular complexity index is 1010. The highest BCUT2D eigenvalue weighted by Crippen LogP contribution is 2.48. The zero-order valence-corrected chi connectivity index (χ0v) is 14.9. The minimum atomic E-state index is -0.333. The molecule has 2 atom stereocenters. The van der Waals surface area contributed by atoms with Crippen LogP contribution in [-0.4, -0.2) is 9.55 Å². The Kier molecular flexibility index (Phi) is 3.88. The van der Waals surface area contributed by atoms with Gasteiger partial charge in [0, 0.05) is 22.9 Å². The second-order valence-corrected chi connectivity index (χ2v) is 7.14. The van der Waals surface area contributed by atoms with Crippen LogP contribution in [0.3, 0.4) is 0 Å². The molecular formula is C22H20FN3. The van der Waals surface area contributed by atoms with Crippen LogP contribution >= 0.6 is 0 Å². The van der Waals surface area contributed by atoms with Gasteiger partial charge in [0.15, 0.2) is 0 Å². The van der Waals surface area contributed by atoms with Gasteiger partial charge >= 0.3 is 0 Å². The third kappa shape index (κ3) is 2.43. The molecule has 4 heteroatoms. The standard InChI is InChI=1S/C22H20FN3/c1-3-15-5-4-6-17(9-15)22(2)11-20(26-14-25-13-21(22)26)18-8-7-16(12-24)10-19(18)23/h4-10,13-14,20H,3,11H2,1-2H3/t20-,22-/m1/s1. The number of nitriles is 1. The number of aromatic nitrogens is 2. The van der Waals surface area contributed by atoms with Gasteiger partial charge in [0.1, 0.15) is 5.82 Å². The lowest BCUT2D eigenvalue weighted by atomic mass is 9.76. The van der Waals surface area contributed by atoms with Crippen LogP contribution in [0.1, 0.15) is 54.3 Å². The molecule has 1 aliphatic rings. The fourth-order valence-electron chi connectivity index (χ4n) is 4.10. The lowest BCUT2D eigenvalue weighted by Gasteiger charge is -2.25. The number of hydrogen-bond acceptors (Lipinski definition) is 2. The molecule has 1 aliphatic heterocycles. The highest BCUT2D eigenvalue weighted by Gasteiger charge is 2.43. The molecule has 2 heterocycles. The summed E-state index contributed by atoms with van der Waals surface area (Å²) in [6.07, 6.45) is 5.42. The van der Waals surface area contributed by atoms with Crippen molar-refractivity contribution in [3.8, 4) is 6.07 Å². The van der Waals surface area contributed by atoms with Crippen molar-refractivity contribution in [1.82, 2.24) is 9.55 Å². The van der Waals surface area contributed by atoms with Crippen LogP contribution in [0.5, 0.6) is 0 Å². The van der Waals surface area contributed by atoms with Gasteiger partial charge in [-0.1, -0.05) is 37.3 Å². The zero-order valence-electron chi connectivity index (χ0n) is 14.9. The largest absolute Gasteiger partial charge is 0.326 e. The maximum atomic E-state index is 14.7. The fourth-order valence-corrected chi connectivity index (χ4v) is 4.10. The molecule has 0 amide bonds. The molecule has 0 spiro atoms. The van der Waals surface area contributed by atoms with Crippen LogP contribution in [0.2, 0.25) is 0 Å². The fraction of sp³-hybridized carbons (Fsp3) is 0.273. The van der Waals surface area contributed by atoms with Gasteiger partial charge in [-0.05, 0) is 43.0 Å². The van der Waals surface area contributed by atoms with Crippen LogP contribution in [0.4, 0.5) is 4.39 Å². The van der Waals surface area contributed by atoms with Gasteiger partial charge in [-0.25, -0.2) is 9.37 Å². The first-order valence-corrected chi connectivity index (χ1v) is 8.88. The summed E-state index contributed by atoms with van der Waals surface area (Å²) < 4.78 is 16.7. The van der Waals surface area contributed by atoms with Gasteiger partial charge in [0.05, 0.1) is 24.0 Å². The highest BCUT2D eigenvalue weighted by molar-refractivity contribution is 5.43. The normalized spacial score (nSPS) is 21.4. The van der Waals surface area contributed by atoms with E-state index in [1.807, 2.05) is 12.3 Å². The van der Waals surface area contributed by atoms with E-state index in [0.717, 1.165) is 18.5 Å². The van der Waals surface area contributed by atoms with E-state index in [1.165, 1.54) is 17.2 Å². The third-order valence-corrected chi connectivity index (χ3v) is 5.63. The van der Waals surface area contributed by atoms with Crippen LogP contribution in [-0.2, 0) is 11.8 Å². The van der Waals surface area contributed by atoms with Gasteiger partial charge in [-0.3, -0.25) is 0 Å². The van der Waals surface area contributed by atoms with Crippen LogP contribution in [0, 0.1) is 17.1 Å². The number of benzene rings is 2. The van der Waals surface area contributed by atoms with E-state index in [9.17, 15) is 4.39 Å². The molecule has 1 aromatic heterocycles. The molecule has 4 rings (SSSR count). The van der Waals surface area contributed by atoms with Crippen LogP contribution in [0.15, 0.2) is 55.0 Å². The molecule has 3 aromatic rings. The summed E-state index contributed by atoms with van der Waals surface area (Å²) in [6, 6.07) is 15.2. The molecule has 0 bridgehead atoms. The van der Waals surface area contributed by atoms with Gasteiger partial charge in [0.25, 0.3) is 0 Å². The van der Waals surface area contributed by atoms with Crippen LogP contribution < -0.4 is 0 Å². The quantitative estimate of drug-likeness (QED) is 0.687. The average Bonchev–Trinajstić information content (AvgIpc) is 3.25. The molecular weight excluding hydrogens is 325 g/mol. The Morgan fingerprint density at radius 3 is 2.88 bits per heavy atom. The lowest BCUT2D eigenvalue weighted by molar-refractivity contribution is 0.492. The summed E-state index contributed by atoms with van der Waals surface area (Å²) in [7, 11) is 0. The maximum Gasteiger partial charge on any atom is 0.129 e. The number of aryl methyl sites for hydroxylation is 1. The lowest BCUT2D eigenvalue weighted by Crippen LogP contribution is -2.20. The van der Waals surface area contributed by atoms with Crippen molar-refractivity contribution in [2.45, 2.75) is 38.1 Å². The van der Waals surface area contributed by atoms with E-state index in [1.54, 1.807) is 18.5 Å². The van der Waals surface area contributed by atoms with Gasteiger partial charge < -0.3 is 4.57 Å². The molecule has 0 N–H and O–H groups in total. The second kappa shape index (κ2) is 6.10. The number of imidazole rings is 1. The summed E-state index contributed by atoms with van der Waals surface area (Å²) >= 11 is 0. The summed E-state index contributed by atoms with van der Waals surface area (Å²) in [4.78, 5) is 4.33. The molecule has 130 valence electrons. The van der Waals surface area contributed by atoms with Gasteiger partial charge in [-0.15, -0.1) is 0 Å². The molecule has 0 saturated heterocycles. The Labute approximate surface area is 152 Å². The van der Waals surface area contributed by atoms with Crippen molar-refractivity contribution in [2.75, 3.05) is 0 Å². The summed E-state index contributed by atoms with van der Waals surface area (Å²) in [5.41, 5.74) is 4.34. The van der Waals surface area contributed by atoms with Crippen molar-refractivity contribution in [2.24, 2.45) is 0 Å². The summed E-state index contributed by atoms with van der Waals surface area (Å²) in [5.74, 6) is -0.333. The summed E-state index contributed by atoms with van der Waals surface area (Å²) in [5, 5.41) is 8.99. The Hall–Kier alpha value is -2.93.